The summed E-state index contributed by atoms with van der Waals surface area (Å²) >= 11 is 14.9. The van der Waals surface area contributed by atoms with Gasteiger partial charge in [-0.1, -0.05) is 23.7 Å². The zero-order valence-corrected chi connectivity index (χ0v) is 14.5. The van der Waals surface area contributed by atoms with Crippen molar-refractivity contribution >= 4 is 54.8 Å². The second-order valence-electron chi connectivity index (χ2n) is 4.19. The average Bonchev–Trinajstić information content (AvgIpc) is 2.62. The number of benzene rings is 1. The van der Waals surface area contributed by atoms with Gasteiger partial charge < -0.3 is 5.73 Å². The Morgan fingerprint density at radius 3 is 2.61 bits per heavy atom. The summed E-state index contributed by atoms with van der Waals surface area (Å²) in [6, 6.07) is 8.09. The van der Waals surface area contributed by atoms with Gasteiger partial charge in [-0.05, 0) is 74.0 Å². The van der Waals surface area contributed by atoms with Gasteiger partial charge in [-0.25, -0.2) is 0 Å². The molecule has 1 aromatic carbocycles. The van der Waals surface area contributed by atoms with Gasteiger partial charge in [0.05, 0.1) is 7.57 Å². The SMILES string of the molecule is Cc1ccc(CC(N)c2cc(Br)sc2Br)c(Cl)c1. The largest absolute Gasteiger partial charge is 0.324 e. The molecule has 1 nitrogen and oxygen atoms in total. The summed E-state index contributed by atoms with van der Waals surface area (Å²) in [5, 5.41) is 0.788. The van der Waals surface area contributed by atoms with Crippen LogP contribution in [0.3, 0.4) is 0 Å². The molecule has 18 heavy (non-hydrogen) atoms. The Hall–Kier alpha value is 0.130. The molecule has 1 aromatic heterocycles. The molecule has 2 N–H and O–H groups in total. The monoisotopic (exact) mass is 407 g/mol. The Morgan fingerprint density at radius 2 is 2.06 bits per heavy atom. The van der Waals surface area contributed by atoms with Gasteiger partial charge in [-0.15, -0.1) is 11.3 Å². The lowest BCUT2D eigenvalue weighted by molar-refractivity contribution is 0.722. The molecule has 1 heterocycles. The summed E-state index contributed by atoms with van der Waals surface area (Å²) in [6.45, 7) is 2.03. The lowest BCUT2D eigenvalue weighted by Gasteiger charge is -2.12. The van der Waals surface area contributed by atoms with Crippen LogP contribution in [-0.2, 0) is 6.42 Å². The van der Waals surface area contributed by atoms with Crippen LogP contribution in [0.2, 0.25) is 5.02 Å². The summed E-state index contributed by atoms with van der Waals surface area (Å²) in [4.78, 5) is 0. The minimum Gasteiger partial charge on any atom is -0.324 e. The lowest BCUT2D eigenvalue weighted by Crippen LogP contribution is -2.13. The van der Waals surface area contributed by atoms with Crippen LogP contribution in [-0.4, -0.2) is 0 Å². The molecule has 0 fully saturated rings. The highest BCUT2D eigenvalue weighted by Gasteiger charge is 2.15. The Balaban J connectivity index is 2.21. The molecule has 0 aliphatic heterocycles. The number of halogens is 3. The molecule has 0 amide bonds. The molecule has 1 unspecified atom stereocenters. The molecule has 0 aliphatic rings. The number of aryl methyl sites for hydroxylation is 1. The molecule has 5 heteroatoms. The maximum Gasteiger partial charge on any atom is 0.0758 e. The Kier molecular flexibility index (Phi) is 4.89. The lowest BCUT2D eigenvalue weighted by atomic mass is 10.0. The molecule has 0 bridgehead atoms. The molecule has 0 saturated heterocycles. The predicted molar refractivity (Wildman–Crippen MR) is 86.5 cm³/mol. The first-order valence-corrected chi connectivity index (χ1v) is 8.20. The quantitative estimate of drug-likeness (QED) is 0.714. The second kappa shape index (κ2) is 6.06. The van der Waals surface area contributed by atoms with Gasteiger partial charge >= 0.3 is 0 Å². The zero-order chi connectivity index (χ0) is 13.3. The van der Waals surface area contributed by atoms with Crippen molar-refractivity contribution < 1.29 is 0 Å². The summed E-state index contributed by atoms with van der Waals surface area (Å²) in [7, 11) is 0. The second-order valence-corrected chi connectivity index (χ2v) is 8.34. The minimum absolute atomic E-state index is 0.0536. The maximum absolute atomic E-state index is 6.25. The van der Waals surface area contributed by atoms with Crippen LogP contribution >= 0.6 is 54.8 Å². The van der Waals surface area contributed by atoms with E-state index in [1.165, 1.54) is 0 Å². The van der Waals surface area contributed by atoms with E-state index >= 15 is 0 Å². The van der Waals surface area contributed by atoms with E-state index in [1.807, 2.05) is 19.1 Å². The first kappa shape index (κ1) is 14.5. The van der Waals surface area contributed by atoms with Gasteiger partial charge in [0, 0.05) is 11.1 Å². The summed E-state index contributed by atoms with van der Waals surface area (Å²) < 4.78 is 2.15. The van der Waals surface area contributed by atoms with E-state index in [2.05, 4.69) is 44.0 Å². The molecule has 1 atom stereocenters. The Labute approximate surface area is 133 Å². The number of hydrogen-bond donors (Lipinski definition) is 1. The standard InChI is InChI=1S/C13H12Br2ClNS/c1-7-2-3-8(10(16)4-7)5-11(17)9-6-12(14)18-13(9)15/h2-4,6,11H,5,17H2,1H3. The smallest absolute Gasteiger partial charge is 0.0758 e. The van der Waals surface area contributed by atoms with Crippen LogP contribution < -0.4 is 5.73 Å². The normalized spacial score (nSPS) is 12.7. The summed E-state index contributed by atoms with van der Waals surface area (Å²) in [5.74, 6) is 0. The Morgan fingerprint density at radius 1 is 1.33 bits per heavy atom. The van der Waals surface area contributed by atoms with Crippen molar-refractivity contribution in [2.45, 2.75) is 19.4 Å². The van der Waals surface area contributed by atoms with Crippen molar-refractivity contribution in [1.29, 1.82) is 0 Å². The molecule has 2 aromatic rings. The highest BCUT2D eigenvalue weighted by molar-refractivity contribution is 9.12. The van der Waals surface area contributed by atoms with Gasteiger partial charge in [0.2, 0.25) is 0 Å². The maximum atomic E-state index is 6.25. The molecule has 0 spiro atoms. The van der Waals surface area contributed by atoms with Crippen molar-refractivity contribution in [2.24, 2.45) is 5.73 Å². The van der Waals surface area contributed by atoms with E-state index in [9.17, 15) is 0 Å². The van der Waals surface area contributed by atoms with Crippen LogP contribution in [0.1, 0.15) is 22.7 Å². The van der Waals surface area contributed by atoms with E-state index in [-0.39, 0.29) is 6.04 Å². The first-order valence-electron chi connectivity index (χ1n) is 5.42. The van der Waals surface area contributed by atoms with Crippen LogP contribution in [0.15, 0.2) is 31.8 Å². The van der Waals surface area contributed by atoms with Gasteiger partial charge in [-0.2, -0.15) is 0 Å². The predicted octanol–water partition coefficient (Wildman–Crippen LogP) is 5.48. The molecular weight excluding hydrogens is 397 g/mol. The van der Waals surface area contributed by atoms with Crippen molar-refractivity contribution in [3.05, 3.63) is 53.6 Å². The summed E-state index contributed by atoms with van der Waals surface area (Å²) in [6.07, 6.45) is 0.737. The molecule has 0 saturated carbocycles. The van der Waals surface area contributed by atoms with E-state index in [1.54, 1.807) is 11.3 Å². The number of rotatable bonds is 3. The third-order valence-corrected chi connectivity index (χ3v) is 5.47. The summed E-state index contributed by atoms with van der Waals surface area (Å²) in [5.41, 5.74) is 9.61. The third kappa shape index (κ3) is 3.36. The van der Waals surface area contributed by atoms with Crippen LogP contribution in [0.4, 0.5) is 0 Å². The molecule has 2 rings (SSSR count). The van der Waals surface area contributed by atoms with Crippen LogP contribution in [0.5, 0.6) is 0 Å². The van der Waals surface area contributed by atoms with E-state index in [0.717, 1.165) is 35.7 Å². The van der Waals surface area contributed by atoms with Crippen molar-refractivity contribution in [1.82, 2.24) is 0 Å². The van der Waals surface area contributed by atoms with Gasteiger partial charge in [0.15, 0.2) is 0 Å². The van der Waals surface area contributed by atoms with Gasteiger partial charge in [-0.3, -0.25) is 0 Å². The third-order valence-electron chi connectivity index (χ3n) is 2.73. The zero-order valence-electron chi connectivity index (χ0n) is 9.71. The minimum atomic E-state index is -0.0536. The average molecular weight is 410 g/mol. The Bertz CT molecular complexity index is 568. The number of nitrogens with two attached hydrogens (primary N) is 1. The molecule has 0 radical (unpaired) electrons. The topological polar surface area (TPSA) is 26.0 Å². The molecule has 96 valence electrons. The highest BCUT2D eigenvalue weighted by atomic mass is 79.9. The fourth-order valence-corrected chi connectivity index (χ4v) is 5.08. The fraction of sp³-hybridized carbons (Fsp3) is 0.231. The van der Waals surface area contributed by atoms with Crippen LogP contribution in [0, 0.1) is 6.92 Å². The van der Waals surface area contributed by atoms with Gasteiger partial charge in [0.1, 0.15) is 0 Å². The van der Waals surface area contributed by atoms with E-state index in [0.29, 0.717) is 0 Å². The van der Waals surface area contributed by atoms with Gasteiger partial charge in [0.25, 0.3) is 0 Å². The fourth-order valence-electron chi connectivity index (χ4n) is 1.77. The molecular formula is C13H12Br2ClNS. The number of hydrogen-bond acceptors (Lipinski definition) is 2. The van der Waals surface area contributed by atoms with E-state index < -0.39 is 0 Å². The van der Waals surface area contributed by atoms with Crippen molar-refractivity contribution in [3.8, 4) is 0 Å². The highest BCUT2D eigenvalue weighted by Crippen LogP contribution is 2.36. The first-order chi connectivity index (χ1) is 8.47. The van der Waals surface area contributed by atoms with E-state index in [4.69, 9.17) is 17.3 Å². The van der Waals surface area contributed by atoms with Crippen LogP contribution in [0.25, 0.3) is 0 Å². The van der Waals surface area contributed by atoms with Crippen molar-refractivity contribution in [2.75, 3.05) is 0 Å². The number of thiophene rings is 1. The molecule has 0 aliphatic carbocycles. The van der Waals surface area contributed by atoms with Crippen molar-refractivity contribution in [3.63, 3.8) is 0 Å².